The molecule has 2 heterocycles. The number of H-pyrrole nitrogens is 1. The summed E-state index contributed by atoms with van der Waals surface area (Å²) >= 11 is 0. The van der Waals surface area contributed by atoms with Gasteiger partial charge < -0.3 is 4.90 Å². The van der Waals surface area contributed by atoms with Crippen molar-refractivity contribution >= 4 is 5.91 Å². The van der Waals surface area contributed by atoms with Crippen molar-refractivity contribution in [2.75, 3.05) is 0 Å². The van der Waals surface area contributed by atoms with Gasteiger partial charge in [-0.2, -0.15) is 5.10 Å². The zero-order valence-corrected chi connectivity index (χ0v) is 15.5. The van der Waals surface area contributed by atoms with E-state index in [2.05, 4.69) is 70.6 Å². The number of carbonyl (C=O) groups excluding carboxylic acids is 1. The Bertz CT molecular complexity index is 969. The van der Waals surface area contributed by atoms with E-state index >= 15 is 0 Å². The van der Waals surface area contributed by atoms with Crippen LogP contribution in [-0.4, -0.2) is 27.0 Å². The first-order valence-corrected chi connectivity index (χ1v) is 9.77. The number of amides is 1. The highest BCUT2D eigenvalue weighted by Gasteiger charge is 2.45. The zero-order valence-electron chi connectivity index (χ0n) is 15.5. The van der Waals surface area contributed by atoms with Crippen LogP contribution in [0.4, 0.5) is 0 Å². The third-order valence-electron chi connectivity index (χ3n) is 5.96. The van der Waals surface area contributed by atoms with Gasteiger partial charge >= 0.3 is 0 Å². The summed E-state index contributed by atoms with van der Waals surface area (Å²) in [7, 11) is 0. The molecule has 1 amide bonds. The van der Waals surface area contributed by atoms with Crippen LogP contribution in [0.25, 0.3) is 11.3 Å². The number of nitrogens with zero attached hydrogens (tertiary/aromatic N) is 2. The maximum absolute atomic E-state index is 13.3. The van der Waals surface area contributed by atoms with Gasteiger partial charge in [0.05, 0.1) is 11.7 Å². The van der Waals surface area contributed by atoms with E-state index in [0.717, 1.165) is 35.2 Å². The van der Waals surface area contributed by atoms with E-state index in [9.17, 15) is 4.79 Å². The number of fused-ring (bicyclic) bond motifs is 1. The monoisotopic (exact) mass is 357 g/mol. The third-order valence-corrected chi connectivity index (χ3v) is 5.96. The topological polar surface area (TPSA) is 49.0 Å². The highest BCUT2D eigenvalue weighted by atomic mass is 16.2. The Kier molecular flexibility index (Phi) is 3.85. The molecule has 1 atom stereocenters. The molecule has 4 nitrogen and oxygen atoms in total. The van der Waals surface area contributed by atoms with Crippen molar-refractivity contribution in [2.45, 2.75) is 44.7 Å². The molecule has 2 aliphatic rings. The molecule has 1 aromatic heterocycles. The van der Waals surface area contributed by atoms with Gasteiger partial charge in [0.25, 0.3) is 5.91 Å². The zero-order chi connectivity index (χ0) is 18.4. The van der Waals surface area contributed by atoms with Gasteiger partial charge in [-0.15, -0.1) is 0 Å². The van der Waals surface area contributed by atoms with Gasteiger partial charge in [-0.1, -0.05) is 73.0 Å². The van der Waals surface area contributed by atoms with Gasteiger partial charge in [0.1, 0.15) is 5.69 Å². The van der Waals surface area contributed by atoms with Crippen molar-refractivity contribution in [1.29, 1.82) is 0 Å². The number of nitrogens with one attached hydrogen (secondary N) is 1. The Labute approximate surface area is 159 Å². The minimum absolute atomic E-state index is 0.0631. The van der Waals surface area contributed by atoms with Crippen molar-refractivity contribution in [3.05, 3.63) is 77.0 Å². The van der Waals surface area contributed by atoms with Crippen LogP contribution in [0.5, 0.6) is 0 Å². The van der Waals surface area contributed by atoms with Crippen molar-refractivity contribution in [3.8, 4) is 11.3 Å². The molecule has 3 aromatic rings. The second-order valence-corrected chi connectivity index (χ2v) is 7.69. The molecule has 27 heavy (non-hydrogen) atoms. The van der Waals surface area contributed by atoms with Gasteiger partial charge in [0.15, 0.2) is 0 Å². The quantitative estimate of drug-likeness (QED) is 0.727. The summed E-state index contributed by atoms with van der Waals surface area (Å²) < 4.78 is 0. The summed E-state index contributed by atoms with van der Waals surface area (Å²) in [6.45, 7) is 2.08. The Morgan fingerprint density at radius 2 is 1.70 bits per heavy atom. The largest absolute Gasteiger partial charge is 0.323 e. The van der Waals surface area contributed by atoms with E-state index in [1.165, 1.54) is 18.4 Å². The highest BCUT2D eigenvalue weighted by molar-refractivity contribution is 6.00. The maximum Gasteiger partial charge on any atom is 0.273 e. The number of hydrogen-bond donors (Lipinski definition) is 1. The molecule has 0 bridgehead atoms. The van der Waals surface area contributed by atoms with Crippen molar-refractivity contribution in [1.82, 2.24) is 15.1 Å². The molecule has 1 aliphatic carbocycles. The molecule has 4 heteroatoms. The van der Waals surface area contributed by atoms with Crippen LogP contribution in [-0.2, 0) is 0 Å². The molecule has 2 aromatic carbocycles. The molecular formula is C23H23N3O. The lowest BCUT2D eigenvalue weighted by Gasteiger charge is -2.31. The Morgan fingerprint density at radius 1 is 1.00 bits per heavy atom. The van der Waals surface area contributed by atoms with Gasteiger partial charge in [-0.3, -0.25) is 9.89 Å². The first kappa shape index (κ1) is 16.3. The van der Waals surface area contributed by atoms with E-state index < -0.39 is 0 Å². The summed E-state index contributed by atoms with van der Waals surface area (Å²) in [4.78, 5) is 15.4. The Hall–Kier alpha value is -2.88. The summed E-state index contributed by atoms with van der Waals surface area (Å²) in [5.41, 5.74) is 6.02. The lowest BCUT2D eigenvalue weighted by molar-refractivity contribution is 0.0660. The first-order chi connectivity index (χ1) is 13.2. The number of carbonyl (C=O) groups is 1. The fourth-order valence-corrected chi connectivity index (χ4v) is 4.62. The number of aromatic nitrogens is 2. The second kappa shape index (κ2) is 6.38. The normalized spacial score (nSPS) is 19.7. The average molecular weight is 357 g/mol. The van der Waals surface area contributed by atoms with Gasteiger partial charge in [0, 0.05) is 17.2 Å². The van der Waals surface area contributed by atoms with Crippen LogP contribution in [0.2, 0.25) is 0 Å². The molecular weight excluding hydrogens is 334 g/mol. The number of hydrogen-bond acceptors (Lipinski definition) is 2. The number of rotatable bonds is 3. The smallest absolute Gasteiger partial charge is 0.273 e. The van der Waals surface area contributed by atoms with Crippen LogP contribution in [0.1, 0.15) is 58.9 Å². The van der Waals surface area contributed by atoms with Crippen LogP contribution in [0.3, 0.4) is 0 Å². The van der Waals surface area contributed by atoms with E-state index in [-0.39, 0.29) is 11.9 Å². The predicted octanol–water partition coefficient (Wildman–Crippen LogP) is 4.87. The fraction of sp³-hybridized carbons (Fsp3) is 0.304. The number of aryl methyl sites for hydroxylation is 1. The van der Waals surface area contributed by atoms with Gasteiger partial charge in [-0.25, -0.2) is 0 Å². The predicted molar refractivity (Wildman–Crippen MR) is 105 cm³/mol. The lowest BCUT2D eigenvalue weighted by atomic mass is 9.95. The molecule has 0 radical (unpaired) electrons. The average Bonchev–Trinajstić information content (AvgIpc) is 3.41. The minimum Gasteiger partial charge on any atom is -0.323 e. The molecule has 0 spiro atoms. The van der Waals surface area contributed by atoms with Gasteiger partial charge in [-0.05, 0) is 25.3 Å². The second-order valence-electron chi connectivity index (χ2n) is 7.69. The number of aromatic amines is 1. The van der Waals surface area contributed by atoms with Crippen LogP contribution in [0, 0.1) is 6.92 Å². The van der Waals surface area contributed by atoms with Crippen LogP contribution in [0.15, 0.2) is 54.6 Å². The van der Waals surface area contributed by atoms with Crippen molar-refractivity contribution in [2.24, 2.45) is 0 Å². The molecule has 0 saturated heterocycles. The standard InChI is InChI=1S/C23H23N3O/c1-15-11-13-16(14-12-15)20-19-21(25-24-20)23(27)26(18-9-5-6-10-18)22(19)17-7-3-2-4-8-17/h2-4,7-8,11-14,18,22H,5-6,9-10H2,1H3,(H,24,25). The van der Waals surface area contributed by atoms with E-state index in [4.69, 9.17) is 0 Å². The highest BCUT2D eigenvalue weighted by Crippen LogP contribution is 2.45. The maximum atomic E-state index is 13.3. The number of benzene rings is 2. The molecule has 136 valence electrons. The van der Waals surface area contributed by atoms with Crippen LogP contribution >= 0.6 is 0 Å². The first-order valence-electron chi connectivity index (χ1n) is 9.77. The Balaban J connectivity index is 1.67. The molecule has 5 rings (SSSR count). The molecule has 1 N–H and O–H groups in total. The summed E-state index contributed by atoms with van der Waals surface area (Å²) in [5, 5.41) is 7.61. The molecule has 1 aliphatic heterocycles. The Morgan fingerprint density at radius 3 is 2.41 bits per heavy atom. The minimum atomic E-state index is -0.0631. The van der Waals surface area contributed by atoms with Crippen molar-refractivity contribution in [3.63, 3.8) is 0 Å². The SMILES string of the molecule is Cc1ccc(-c2n[nH]c3c2C(c2ccccc2)N(C2CCCC2)C3=O)cc1. The lowest BCUT2D eigenvalue weighted by Crippen LogP contribution is -2.37. The third kappa shape index (κ3) is 2.59. The van der Waals surface area contributed by atoms with Gasteiger partial charge in [0.2, 0.25) is 0 Å². The molecule has 1 unspecified atom stereocenters. The van der Waals surface area contributed by atoms with E-state index in [1.807, 2.05) is 6.07 Å². The molecule has 1 saturated carbocycles. The molecule has 1 fully saturated rings. The van der Waals surface area contributed by atoms with E-state index in [1.54, 1.807) is 0 Å². The summed E-state index contributed by atoms with van der Waals surface area (Å²) in [6.07, 6.45) is 4.58. The summed E-state index contributed by atoms with van der Waals surface area (Å²) in [6, 6.07) is 19.0. The van der Waals surface area contributed by atoms with Crippen molar-refractivity contribution < 1.29 is 4.79 Å². The van der Waals surface area contributed by atoms with Crippen LogP contribution < -0.4 is 0 Å². The fourth-order valence-electron chi connectivity index (χ4n) is 4.62. The summed E-state index contributed by atoms with van der Waals surface area (Å²) in [5.74, 6) is 0.0941. The van der Waals surface area contributed by atoms with E-state index in [0.29, 0.717) is 11.7 Å².